The van der Waals surface area contributed by atoms with Crippen molar-refractivity contribution >= 4 is 5.97 Å². The maximum absolute atomic E-state index is 10.1. The number of carboxylic acids is 1. The summed E-state index contributed by atoms with van der Waals surface area (Å²) in [7, 11) is 0. The molecule has 0 fully saturated rings. The molecule has 12 heavy (non-hydrogen) atoms. The molecule has 0 aliphatic rings. The van der Waals surface area contributed by atoms with Gasteiger partial charge in [0, 0.05) is 6.54 Å². The average molecular weight is 170 g/mol. The van der Waals surface area contributed by atoms with Gasteiger partial charge in [0.1, 0.15) is 5.76 Å². The van der Waals surface area contributed by atoms with Gasteiger partial charge in [-0.3, -0.25) is 4.79 Å². The van der Waals surface area contributed by atoms with Crippen molar-refractivity contribution in [2.45, 2.75) is 13.5 Å². The van der Waals surface area contributed by atoms with Crippen LogP contribution in [0.3, 0.4) is 0 Å². The van der Waals surface area contributed by atoms with Gasteiger partial charge in [-0.15, -0.1) is 0 Å². The molecule has 0 aromatic carbocycles. The summed E-state index contributed by atoms with van der Waals surface area (Å²) in [4.78, 5) is 14.0. The average Bonchev–Trinajstić information content (AvgIpc) is 2.36. The molecule has 5 heteroatoms. The Bertz CT molecular complexity index is 269. The van der Waals surface area contributed by atoms with E-state index in [4.69, 9.17) is 9.52 Å². The predicted molar refractivity (Wildman–Crippen MR) is 40.6 cm³/mol. The van der Waals surface area contributed by atoms with Crippen LogP contribution in [0.2, 0.25) is 0 Å². The first-order chi connectivity index (χ1) is 5.70. The Kier molecular flexibility index (Phi) is 2.82. The molecule has 0 bridgehead atoms. The fourth-order valence-corrected chi connectivity index (χ4v) is 0.786. The highest BCUT2D eigenvalue weighted by molar-refractivity contribution is 5.68. The number of carboxylic acid groups (broad SMARTS) is 1. The number of oxazole rings is 1. The molecule has 0 saturated heterocycles. The summed E-state index contributed by atoms with van der Waals surface area (Å²) in [5, 5.41) is 11.0. The van der Waals surface area contributed by atoms with Gasteiger partial charge >= 0.3 is 5.97 Å². The highest BCUT2D eigenvalue weighted by atomic mass is 16.4. The first-order valence-electron chi connectivity index (χ1n) is 3.51. The van der Waals surface area contributed by atoms with Crippen molar-refractivity contribution in [3.63, 3.8) is 0 Å². The molecule has 0 amide bonds. The Morgan fingerprint density at radius 1 is 1.83 bits per heavy atom. The number of hydrogen-bond acceptors (Lipinski definition) is 4. The fraction of sp³-hybridized carbons (Fsp3) is 0.429. The fourth-order valence-electron chi connectivity index (χ4n) is 0.786. The number of aromatic nitrogens is 1. The van der Waals surface area contributed by atoms with Crippen LogP contribution in [0.25, 0.3) is 0 Å². The molecule has 0 saturated carbocycles. The molecule has 66 valence electrons. The molecule has 1 heterocycles. The molecular weight excluding hydrogens is 160 g/mol. The van der Waals surface area contributed by atoms with Gasteiger partial charge in [0.2, 0.25) is 0 Å². The van der Waals surface area contributed by atoms with Gasteiger partial charge in [0.15, 0.2) is 6.39 Å². The zero-order valence-electron chi connectivity index (χ0n) is 6.70. The Hall–Kier alpha value is -1.36. The lowest BCUT2D eigenvalue weighted by Crippen LogP contribution is -2.22. The maximum atomic E-state index is 10.1. The Morgan fingerprint density at radius 3 is 3.08 bits per heavy atom. The number of hydrogen-bond donors (Lipinski definition) is 2. The second-order valence-corrected chi connectivity index (χ2v) is 2.35. The second kappa shape index (κ2) is 3.87. The molecule has 0 spiro atoms. The molecular formula is C7H10N2O3. The summed E-state index contributed by atoms with van der Waals surface area (Å²) in [6.45, 7) is 2.14. The van der Waals surface area contributed by atoms with E-state index >= 15 is 0 Å². The van der Waals surface area contributed by atoms with Crippen molar-refractivity contribution < 1.29 is 14.3 Å². The van der Waals surface area contributed by atoms with Crippen LogP contribution in [-0.4, -0.2) is 22.6 Å². The number of nitrogens with one attached hydrogen (secondary N) is 1. The number of nitrogens with zero attached hydrogens (tertiary/aromatic N) is 1. The maximum Gasteiger partial charge on any atom is 0.317 e. The highest BCUT2D eigenvalue weighted by Gasteiger charge is 2.02. The summed E-state index contributed by atoms with van der Waals surface area (Å²) in [5.74, 6) is -0.163. The van der Waals surface area contributed by atoms with Crippen molar-refractivity contribution in [3.8, 4) is 0 Å². The summed E-state index contributed by atoms with van der Waals surface area (Å²) in [6, 6.07) is 0. The molecule has 0 unspecified atom stereocenters. The van der Waals surface area contributed by atoms with Gasteiger partial charge < -0.3 is 14.8 Å². The molecule has 0 aliphatic carbocycles. The quantitative estimate of drug-likeness (QED) is 0.673. The van der Waals surface area contributed by atoms with Crippen LogP contribution in [0.4, 0.5) is 0 Å². The van der Waals surface area contributed by atoms with Crippen LogP contribution in [0.1, 0.15) is 11.5 Å². The number of aryl methyl sites for hydroxylation is 1. The Balaban J connectivity index is 2.33. The van der Waals surface area contributed by atoms with Crippen LogP contribution >= 0.6 is 0 Å². The topological polar surface area (TPSA) is 75.4 Å². The summed E-state index contributed by atoms with van der Waals surface area (Å²) < 4.78 is 4.92. The lowest BCUT2D eigenvalue weighted by Gasteiger charge is -1.97. The van der Waals surface area contributed by atoms with Crippen molar-refractivity contribution in [2.75, 3.05) is 6.54 Å². The van der Waals surface area contributed by atoms with E-state index in [1.165, 1.54) is 6.39 Å². The molecule has 1 aromatic rings. The van der Waals surface area contributed by atoms with Crippen LogP contribution in [0, 0.1) is 6.92 Å². The number of carbonyl (C=O) groups is 1. The van der Waals surface area contributed by atoms with Gasteiger partial charge in [-0.2, -0.15) is 0 Å². The second-order valence-electron chi connectivity index (χ2n) is 2.35. The van der Waals surface area contributed by atoms with Gasteiger partial charge in [0.25, 0.3) is 0 Å². The largest absolute Gasteiger partial charge is 0.480 e. The van der Waals surface area contributed by atoms with E-state index < -0.39 is 5.97 Å². The van der Waals surface area contributed by atoms with Crippen molar-refractivity contribution in [1.82, 2.24) is 10.3 Å². The third-order valence-corrected chi connectivity index (χ3v) is 1.41. The van der Waals surface area contributed by atoms with Gasteiger partial charge in [-0.25, -0.2) is 4.98 Å². The molecule has 0 radical (unpaired) electrons. The van der Waals surface area contributed by atoms with E-state index in [2.05, 4.69) is 10.3 Å². The predicted octanol–water partition coefficient (Wildman–Crippen LogP) is 0.157. The summed E-state index contributed by atoms with van der Waals surface area (Å²) in [5.41, 5.74) is 0.747. The van der Waals surface area contributed by atoms with E-state index in [1.54, 1.807) is 6.92 Å². The lowest BCUT2D eigenvalue weighted by atomic mass is 10.3. The SMILES string of the molecule is Cc1ocnc1CNCC(=O)O. The molecule has 0 aliphatic heterocycles. The molecule has 0 atom stereocenters. The van der Waals surface area contributed by atoms with Crippen LogP contribution < -0.4 is 5.32 Å². The molecule has 2 N–H and O–H groups in total. The van der Waals surface area contributed by atoms with Gasteiger partial charge in [-0.05, 0) is 6.92 Å². The van der Waals surface area contributed by atoms with Crippen LogP contribution in [-0.2, 0) is 11.3 Å². The zero-order chi connectivity index (χ0) is 8.97. The Labute approximate surface area is 69.4 Å². The molecule has 5 nitrogen and oxygen atoms in total. The van der Waals surface area contributed by atoms with Crippen molar-refractivity contribution in [1.29, 1.82) is 0 Å². The van der Waals surface area contributed by atoms with E-state index in [1.807, 2.05) is 0 Å². The minimum absolute atomic E-state index is 0.0632. The third kappa shape index (κ3) is 2.35. The summed E-state index contributed by atoms with van der Waals surface area (Å²) >= 11 is 0. The summed E-state index contributed by atoms with van der Waals surface area (Å²) in [6.07, 6.45) is 1.34. The lowest BCUT2D eigenvalue weighted by molar-refractivity contribution is -0.136. The van der Waals surface area contributed by atoms with E-state index in [0.29, 0.717) is 12.3 Å². The van der Waals surface area contributed by atoms with E-state index in [-0.39, 0.29) is 6.54 Å². The first kappa shape index (κ1) is 8.73. The minimum Gasteiger partial charge on any atom is -0.480 e. The smallest absolute Gasteiger partial charge is 0.317 e. The third-order valence-electron chi connectivity index (χ3n) is 1.41. The van der Waals surface area contributed by atoms with Crippen LogP contribution in [0.15, 0.2) is 10.8 Å². The van der Waals surface area contributed by atoms with E-state index in [0.717, 1.165) is 5.69 Å². The van der Waals surface area contributed by atoms with Crippen LogP contribution in [0.5, 0.6) is 0 Å². The highest BCUT2D eigenvalue weighted by Crippen LogP contribution is 2.02. The Morgan fingerprint density at radius 2 is 2.58 bits per heavy atom. The van der Waals surface area contributed by atoms with Gasteiger partial charge in [0.05, 0.1) is 12.2 Å². The monoisotopic (exact) mass is 170 g/mol. The van der Waals surface area contributed by atoms with E-state index in [9.17, 15) is 4.79 Å². The zero-order valence-corrected chi connectivity index (χ0v) is 6.70. The van der Waals surface area contributed by atoms with Crippen molar-refractivity contribution in [2.24, 2.45) is 0 Å². The number of rotatable bonds is 4. The van der Waals surface area contributed by atoms with Gasteiger partial charge in [-0.1, -0.05) is 0 Å². The molecule has 1 aromatic heterocycles. The van der Waals surface area contributed by atoms with Crippen molar-refractivity contribution in [3.05, 3.63) is 17.8 Å². The molecule has 1 rings (SSSR count). The standard InChI is InChI=1S/C7H10N2O3/c1-5-6(9-4-12-5)2-8-3-7(10)11/h4,8H,2-3H2,1H3,(H,10,11). The minimum atomic E-state index is -0.879. The normalized spacial score (nSPS) is 10.1. The first-order valence-corrected chi connectivity index (χ1v) is 3.51. The number of aliphatic carboxylic acids is 1.